The quantitative estimate of drug-likeness (QED) is 0.326. The van der Waals surface area contributed by atoms with Crippen LogP contribution in [0.1, 0.15) is 36.0 Å². The maximum atomic E-state index is 13.0. The van der Waals surface area contributed by atoms with Gasteiger partial charge in [0.2, 0.25) is 5.91 Å². The number of aromatic nitrogens is 3. The smallest absolute Gasteiger partial charge is 0.227 e. The van der Waals surface area contributed by atoms with Gasteiger partial charge in [0.15, 0.2) is 16.8 Å². The second kappa shape index (κ2) is 10.6. The number of benzene rings is 2. The first-order valence-corrected chi connectivity index (χ1v) is 12.9. The van der Waals surface area contributed by atoms with Crippen LogP contribution in [0.25, 0.3) is 11.4 Å². The van der Waals surface area contributed by atoms with E-state index in [1.54, 1.807) is 18.1 Å². The molecule has 182 valence electrons. The van der Waals surface area contributed by atoms with Crippen molar-refractivity contribution in [1.82, 2.24) is 14.8 Å². The van der Waals surface area contributed by atoms with Gasteiger partial charge in [0.25, 0.3) is 0 Å². The van der Waals surface area contributed by atoms with Crippen molar-refractivity contribution in [2.45, 2.75) is 43.5 Å². The molecule has 3 heterocycles. The lowest BCUT2D eigenvalue weighted by Crippen LogP contribution is -2.23. The zero-order valence-electron chi connectivity index (χ0n) is 19.7. The molecule has 1 amide bonds. The van der Waals surface area contributed by atoms with Gasteiger partial charge < -0.3 is 14.4 Å². The number of carbonyl (C=O) groups excluding carboxylic acids is 2. The molecule has 9 heteroatoms. The van der Waals surface area contributed by atoms with Crippen molar-refractivity contribution in [3.63, 3.8) is 0 Å². The topological polar surface area (TPSA) is 86.6 Å². The molecule has 1 aromatic heterocycles. The van der Waals surface area contributed by atoms with E-state index in [9.17, 15) is 9.59 Å². The number of amides is 1. The average molecular weight is 493 g/mol. The van der Waals surface area contributed by atoms with Crippen LogP contribution in [0, 0.1) is 0 Å². The molecule has 8 nitrogen and oxygen atoms in total. The summed E-state index contributed by atoms with van der Waals surface area (Å²) in [7, 11) is 1.64. The monoisotopic (exact) mass is 492 g/mol. The van der Waals surface area contributed by atoms with E-state index in [1.165, 1.54) is 11.8 Å². The van der Waals surface area contributed by atoms with Crippen LogP contribution in [-0.2, 0) is 16.1 Å². The number of Topliss-reactive ketones (excluding diaryl/α,β-unsaturated/α-hetero) is 1. The maximum Gasteiger partial charge on any atom is 0.227 e. The van der Waals surface area contributed by atoms with Crippen LogP contribution >= 0.6 is 11.8 Å². The van der Waals surface area contributed by atoms with E-state index in [1.807, 2.05) is 42.5 Å². The summed E-state index contributed by atoms with van der Waals surface area (Å²) in [5.74, 6) is 1.84. The van der Waals surface area contributed by atoms with Crippen molar-refractivity contribution < 1.29 is 19.1 Å². The van der Waals surface area contributed by atoms with Gasteiger partial charge in [-0.25, -0.2) is 0 Å². The maximum absolute atomic E-state index is 13.0. The van der Waals surface area contributed by atoms with Gasteiger partial charge in [-0.05, 0) is 55.7 Å². The Balaban J connectivity index is 1.34. The first-order chi connectivity index (χ1) is 17.1. The highest BCUT2D eigenvalue weighted by Crippen LogP contribution is 2.29. The summed E-state index contributed by atoms with van der Waals surface area (Å²) in [5, 5.41) is 9.55. The second-order valence-electron chi connectivity index (χ2n) is 8.69. The van der Waals surface area contributed by atoms with Gasteiger partial charge >= 0.3 is 0 Å². The molecule has 35 heavy (non-hydrogen) atoms. The Labute approximate surface area is 208 Å². The minimum absolute atomic E-state index is 0.0128. The Kier molecular flexibility index (Phi) is 7.15. The molecular formula is C26H28N4O4S. The zero-order chi connectivity index (χ0) is 24.2. The summed E-state index contributed by atoms with van der Waals surface area (Å²) < 4.78 is 13.2. The van der Waals surface area contributed by atoms with Gasteiger partial charge in [-0.3, -0.25) is 14.2 Å². The van der Waals surface area contributed by atoms with Crippen LogP contribution in [-0.4, -0.2) is 58.6 Å². The van der Waals surface area contributed by atoms with E-state index in [0.29, 0.717) is 30.2 Å². The van der Waals surface area contributed by atoms with Crippen molar-refractivity contribution >= 4 is 29.1 Å². The molecule has 2 aliphatic rings. The number of anilines is 1. The molecule has 0 spiro atoms. The van der Waals surface area contributed by atoms with Crippen molar-refractivity contribution in [2.24, 2.45) is 0 Å². The molecular weight excluding hydrogens is 464 g/mol. The highest BCUT2D eigenvalue weighted by atomic mass is 32.2. The molecule has 2 fully saturated rings. The zero-order valence-corrected chi connectivity index (χ0v) is 20.5. The van der Waals surface area contributed by atoms with Crippen LogP contribution in [0.15, 0.2) is 53.7 Å². The molecule has 0 saturated carbocycles. The summed E-state index contributed by atoms with van der Waals surface area (Å²) >= 11 is 1.37. The van der Waals surface area contributed by atoms with Crippen molar-refractivity contribution in [3.05, 3.63) is 54.1 Å². The molecule has 0 N–H and O–H groups in total. The lowest BCUT2D eigenvalue weighted by atomic mass is 10.1. The van der Waals surface area contributed by atoms with Crippen LogP contribution in [0.3, 0.4) is 0 Å². The largest absolute Gasteiger partial charge is 0.497 e. The molecule has 0 radical (unpaired) electrons. The number of thioether (sulfide) groups is 1. The van der Waals surface area contributed by atoms with E-state index in [0.717, 1.165) is 48.7 Å². The van der Waals surface area contributed by atoms with Crippen LogP contribution in [0.4, 0.5) is 5.69 Å². The van der Waals surface area contributed by atoms with E-state index < -0.39 is 0 Å². The fourth-order valence-corrected chi connectivity index (χ4v) is 5.33. The SMILES string of the molecule is COc1ccc(-c2nnc(SCC(=O)c3cccc(N4CCCC4=O)c3)n2CC2CCCO2)cc1. The predicted molar refractivity (Wildman–Crippen MR) is 134 cm³/mol. The first-order valence-electron chi connectivity index (χ1n) is 11.9. The number of methoxy groups -OCH3 is 1. The Bertz CT molecular complexity index is 1200. The first kappa shape index (κ1) is 23.6. The average Bonchev–Trinajstić information content (AvgIpc) is 3.65. The molecule has 2 saturated heterocycles. The molecule has 5 rings (SSSR count). The number of rotatable bonds is 9. The molecule has 3 aromatic rings. The molecule has 0 aliphatic carbocycles. The van der Waals surface area contributed by atoms with Crippen molar-refractivity contribution in [2.75, 3.05) is 30.9 Å². The lowest BCUT2D eigenvalue weighted by Gasteiger charge is -2.16. The van der Waals surface area contributed by atoms with Crippen molar-refractivity contribution in [1.29, 1.82) is 0 Å². The van der Waals surface area contributed by atoms with Gasteiger partial charge in [0, 0.05) is 36.4 Å². The van der Waals surface area contributed by atoms with E-state index >= 15 is 0 Å². The summed E-state index contributed by atoms with van der Waals surface area (Å²) in [4.78, 5) is 26.9. The van der Waals surface area contributed by atoms with Gasteiger partial charge in [-0.1, -0.05) is 23.9 Å². The molecule has 2 aliphatic heterocycles. The van der Waals surface area contributed by atoms with E-state index in [4.69, 9.17) is 9.47 Å². The highest BCUT2D eigenvalue weighted by molar-refractivity contribution is 7.99. The minimum atomic E-state index is -0.0128. The Morgan fingerprint density at radius 1 is 1.17 bits per heavy atom. The Hall–Kier alpha value is -3.17. The van der Waals surface area contributed by atoms with Crippen LogP contribution in [0.5, 0.6) is 5.75 Å². The van der Waals surface area contributed by atoms with Gasteiger partial charge in [0.1, 0.15) is 5.75 Å². The number of ketones is 1. The van der Waals surface area contributed by atoms with E-state index in [2.05, 4.69) is 14.8 Å². The Morgan fingerprint density at radius 3 is 2.74 bits per heavy atom. The number of ether oxygens (including phenoxy) is 2. The van der Waals surface area contributed by atoms with Gasteiger partial charge in [0.05, 0.1) is 25.5 Å². The standard InChI is InChI=1S/C26H28N4O4S/c1-33-21-11-9-18(10-12-21)25-27-28-26(30(25)16-22-7-4-14-34-22)35-17-23(31)19-5-2-6-20(15-19)29-13-3-8-24(29)32/h2,5-6,9-12,15,22H,3-4,7-8,13-14,16-17H2,1H3. The van der Waals surface area contributed by atoms with Crippen LogP contribution < -0.4 is 9.64 Å². The number of carbonyl (C=O) groups is 2. The fraction of sp³-hybridized carbons (Fsp3) is 0.385. The molecule has 1 atom stereocenters. The Morgan fingerprint density at radius 2 is 2.03 bits per heavy atom. The molecule has 2 aromatic carbocycles. The predicted octanol–water partition coefficient (Wildman–Crippen LogP) is 4.23. The minimum Gasteiger partial charge on any atom is -0.497 e. The normalized spacial score (nSPS) is 17.8. The number of hydrogen-bond acceptors (Lipinski definition) is 7. The van der Waals surface area contributed by atoms with E-state index in [-0.39, 0.29) is 23.5 Å². The summed E-state index contributed by atoms with van der Waals surface area (Å²) in [6, 6.07) is 15.0. The molecule has 0 bridgehead atoms. The summed E-state index contributed by atoms with van der Waals surface area (Å²) in [6.45, 7) is 2.10. The number of nitrogens with zero attached hydrogens (tertiary/aromatic N) is 4. The lowest BCUT2D eigenvalue weighted by molar-refractivity contribution is -0.117. The van der Waals surface area contributed by atoms with Gasteiger partial charge in [-0.15, -0.1) is 10.2 Å². The summed E-state index contributed by atoms with van der Waals surface area (Å²) in [5.41, 5.74) is 2.31. The third-order valence-electron chi connectivity index (χ3n) is 6.36. The van der Waals surface area contributed by atoms with Crippen LogP contribution in [0.2, 0.25) is 0 Å². The highest BCUT2D eigenvalue weighted by Gasteiger charge is 2.24. The summed E-state index contributed by atoms with van der Waals surface area (Å²) in [6.07, 6.45) is 3.55. The molecule has 1 unspecified atom stereocenters. The fourth-order valence-electron chi connectivity index (χ4n) is 4.49. The second-order valence-corrected chi connectivity index (χ2v) is 9.63. The number of hydrogen-bond donors (Lipinski definition) is 0. The third-order valence-corrected chi connectivity index (χ3v) is 7.33. The van der Waals surface area contributed by atoms with Crippen molar-refractivity contribution in [3.8, 4) is 17.1 Å². The van der Waals surface area contributed by atoms with Gasteiger partial charge in [-0.2, -0.15) is 0 Å². The third kappa shape index (κ3) is 5.26.